The van der Waals surface area contributed by atoms with Crippen molar-refractivity contribution in [2.45, 2.75) is 13.3 Å². The summed E-state index contributed by atoms with van der Waals surface area (Å²) in [5.74, 6) is -0.0350. The van der Waals surface area contributed by atoms with Gasteiger partial charge in [-0.15, -0.1) is 0 Å². The molecular weight excluding hydrogens is 291 g/mol. The van der Waals surface area contributed by atoms with Crippen molar-refractivity contribution in [2.75, 3.05) is 11.9 Å². The average Bonchev–Trinajstić information content (AvgIpc) is 2.12. The summed E-state index contributed by atoms with van der Waals surface area (Å²) in [6.45, 7) is 2.42. The number of anilines is 1. The standard InChI is InChI=1S/C10H13IN2O/c1-7-2-3-8(6-9(7)11)13-10(14)4-5-12/h2-3,6H,4-5,12H2,1H3,(H,13,14). The van der Waals surface area contributed by atoms with Crippen LogP contribution in [-0.4, -0.2) is 12.5 Å². The Kier molecular flexibility index (Phi) is 4.34. The first kappa shape index (κ1) is 11.5. The lowest BCUT2D eigenvalue weighted by atomic mass is 10.2. The van der Waals surface area contributed by atoms with E-state index >= 15 is 0 Å². The van der Waals surface area contributed by atoms with Crippen LogP contribution in [0.5, 0.6) is 0 Å². The van der Waals surface area contributed by atoms with Crippen LogP contribution < -0.4 is 11.1 Å². The molecule has 0 fully saturated rings. The van der Waals surface area contributed by atoms with Gasteiger partial charge in [0.05, 0.1) is 0 Å². The molecule has 0 aliphatic rings. The zero-order valence-corrected chi connectivity index (χ0v) is 10.2. The molecule has 0 bridgehead atoms. The summed E-state index contributed by atoms with van der Waals surface area (Å²) in [6.07, 6.45) is 0.366. The molecule has 0 saturated carbocycles. The highest BCUT2D eigenvalue weighted by Crippen LogP contribution is 2.16. The van der Waals surface area contributed by atoms with Crippen LogP contribution in [0.4, 0.5) is 5.69 Å². The Labute approximate surface area is 97.2 Å². The van der Waals surface area contributed by atoms with E-state index in [4.69, 9.17) is 5.73 Å². The predicted molar refractivity (Wildman–Crippen MR) is 66.2 cm³/mol. The van der Waals surface area contributed by atoms with Crippen molar-refractivity contribution in [1.82, 2.24) is 0 Å². The second-order valence-corrected chi connectivity index (χ2v) is 4.21. The van der Waals surface area contributed by atoms with E-state index in [2.05, 4.69) is 27.9 Å². The van der Waals surface area contributed by atoms with E-state index in [-0.39, 0.29) is 5.91 Å². The van der Waals surface area contributed by atoms with Gasteiger partial charge in [0.25, 0.3) is 0 Å². The Hall–Kier alpha value is -0.620. The fourth-order valence-corrected chi connectivity index (χ4v) is 1.54. The van der Waals surface area contributed by atoms with Gasteiger partial charge in [-0.2, -0.15) is 0 Å². The lowest BCUT2D eigenvalue weighted by molar-refractivity contribution is -0.116. The first-order chi connectivity index (χ1) is 6.63. The summed E-state index contributed by atoms with van der Waals surface area (Å²) in [7, 11) is 0. The van der Waals surface area contributed by atoms with E-state index in [1.165, 1.54) is 5.56 Å². The maximum Gasteiger partial charge on any atom is 0.225 e. The van der Waals surface area contributed by atoms with Crippen LogP contribution >= 0.6 is 22.6 Å². The van der Waals surface area contributed by atoms with E-state index in [9.17, 15) is 4.79 Å². The fourth-order valence-electron chi connectivity index (χ4n) is 1.03. The minimum atomic E-state index is -0.0350. The largest absolute Gasteiger partial charge is 0.330 e. The molecule has 4 heteroatoms. The van der Waals surface area contributed by atoms with Crippen LogP contribution in [0.25, 0.3) is 0 Å². The summed E-state index contributed by atoms with van der Waals surface area (Å²) >= 11 is 2.24. The van der Waals surface area contributed by atoms with Crippen LogP contribution in [0.15, 0.2) is 18.2 Å². The highest BCUT2D eigenvalue weighted by atomic mass is 127. The Morgan fingerprint density at radius 1 is 1.57 bits per heavy atom. The summed E-state index contributed by atoms with van der Waals surface area (Å²) in [5, 5.41) is 2.79. The lowest BCUT2D eigenvalue weighted by Crippen LogP contribution is -2.16. The number of nitrogens with one attached hydrogen (secondary N) is 1. The van der Waals surface area contributed by atoms with Gasteiger partial charge < -0.3 is 11.1 Å². The minimum absolute atomic E-state index is 0.0350. The van der Waals surface area contributed by atoms with E-state index in [1.807, 2.05) is 25.1 Å². The zero-order chi connectivity index (χ0) is 10.6. The van der Waals surface area contributed by atoms with Crippen LogP contribution in [0.2, 0.25) is 0 Å². The average molecular weight is 304 g/mol. The fraction of sp³-hybridized carbons (Fsp3) is 0.300. The Bertz CT molecular complexity index is 339. The number of nitrogens with two attached hydrogens (primary N) is 1. The van der Waals surface area contributed by atoms with Gasteiger partial charge in [-0.1, -0.05) is 6.07 Å². The first-order valence-electron chi connectivity index (χ1n) is 4.39. The minimum Gasteiger partial charge on any atom is -0.330 e. The Morgan fingerprint density at radius 2 is 2.29 bits per heavy atom. The van der Waals surface area contributed by atoms with Crippen LogP contribution in [0.3, 0.4) is 0 Å². The molecule has 0 aliphatic carbocycles. The van der Waals surface area contributed by atoms with Gasteiger partial charge in [0.15, 0.2) is 0 Å². The van der Waals surface area contributed by atoms with E-state index < -0.39 is 0 Å². The van der Waals surface area contributed by atoms with Crippen molar-refractivity contribution < 1.29 is 4.79 Å². The van der Waals surface area contributed by atoms with Gasteiger partial charge in [0, 0.05) is 22.2 Å². The number of carbonyl (C=O) groups is 1. The molecule has 0 heterocycles. The SMILES string of the molecule is Cc1ccc(NC(=O)CCN)cc1I. The number of aryl methyl sites for hydroxylation is 1. The highest BCUT2D eigenvalue weighted by Gasteiger charge is 2.01. The molecule has 0 aromatic heterocycles. The number of amides is 1. The summed E-state index contributed by atoms with van der Waals surface area (Å²) in [5.41, 5.74) is 7.32. The Balaban J connectivity index is 2.68. The molecule has 0 saturated heterocycles. The normalized spacial score (nSPS) is 9.93. The first-order valence-corrected chi connectivity index (χ1v) is 5.47. The monoisotopic (exact) mass is 304 g/mol. The van der Waals surface area contributed by atoms with Crippen LogP contribution in [0.1, 0.15) is 12.0 Å². The molecular formula is C10H13IN2O. The van der Waals surface area contributed by atoms with Crippen molar-refractivity contribution in [3.63, 3.8) is 0 Å². The lowest BCUT2D eigenvalue weighted by Gasteiger charge is -2.05. The van der Waals surface area contributed by atoms with Gasteiger partial charge in [0.2, 0.25) is 5.91 Å². The molecule has 1 aromatic carbocycles. The number of halogens is 1. The molecule has 14 heavy (non-hydrogen) atoms. The predicted octanol–water partition coefficient (Wildman–Crippen LogP) is 1.89. The van der Waals surface area contributed by atoms with E-state index in [1.54, 1.807) is 0 Å². The van der Waals surface area contributed by atoms with Gasteiger partial charge in [-0.05, 0) is 47.2 Å². The van der Waals surface area contributed by atoms with E-state index in [0.717, 1.165) is 9.26 Å². The maximum atomic E-state index is 11.2. The molecule has 0 atom stereocenters. The quantitative estimate of drug-likeness (QED) is 0.838. The summed E-state index contributed by atoms with van der Waals surface area (Å²) < 4.78 is 1.15. The molecule has 76 valence electrons. The highest BCUT2D eigenvalue weighted by molar-refractivity contribution is 14.1. The number of benzene rings is 1. The van der Waals surface area contributed by atoms with Gasteiger partial charge >= 0.3 is 0 Å². The van der Waals surface area contributed by atoms with Gasteiger partial charge in [-0.25, -0.2) is 0 Å². The van der Waals surface area contributed by atoms with Crippen molar-refractivity contribution in [1.29, 1.82) is 0 Å². The number of hydrogen-bond donors (Lipinski definition) is 2. The molecule has 0 aliphatic heterocycles. The third-order valence-electron chi connectivity index (χ3n) is 1.83. The smallest absolute Gasteiger partial charge is 0.225 e. The van der Waals surface area contributed by atoms with Crippen LogP contribution in [-0.2, 0) is 4.79 Å². The number of hydrogen-bond acceptors (Lipinski definition) is 2. The summed E-state index contributed by atoms with van der Waals surface area (Å²) in [4.78, 5) is 11.2. The van der Waals surface area contributed by atoms with E-state index in [0.29, 0.717) is 13.0 Å². The topological polar surface area (TPSA) is 55.1 Å². The molecule has 1 rings (SSSR count). The molecule has 0 spiro atoms. The number of rotatable bonds is 3. The zero-order valence-electron chi connectivity index (χ0n) is 8.01. The third kappa shape index (κ3) is 3.26. The number of carbonyl (C=O) groups excluding carboxylic acids is 1. The van der Waals surface area contributed by atoms with Gasteiger partial charge in [-0.3, -0.25) is 4.79 Å². The van der Waals surface area contributed by atoms with Gasteiger partial charge in [0.1, 0.15) is 0 Å². The van der Waals surface area contributed by atoms with Crippen molar-refractivity contribution in [3.8, 4) is 0 Å². The maximum absolute atomic E-state index is 11.2. The van der Waals surface area contributed by atoms with Crippen molar-refractivity contribution in [3.05, 3.63) is 27.3 Å². The molecule has 0 radical (unpaired) electrons. The second kappa shape index (κ2) is 5.31. The molecule has 3 nitrogen and oxygen atoms in total. The van der Waals surface area contributed by atoms with Crippen LogP contribution in [0, 0.1) is 10.5 Å². The van der Waals surface area contributed by atoms with Crippen molar-refractivity contribution in [2.24, 2.45) is 5.73 Å². The summed E-state index contributed by atoms with van der Waals surface area (Å²) in [6, 6.07) is 5.83. The molecule has 1 amide bonds. The second-order valence-electron chi connectivity index (χ2n) is 3.05. The molecule has 1 aromatic rings. The third-order valence-corrected chi connectivity index (χ3v) is 2.99. The van der Waals surface area contributed by atoms with Crippen molar-refractivity contribution >= 4 is 34.2 Å². The Morgan fingerprint density at radius 3 is 2.86 bits per heavy atom. The molecule has 3 N–H and O–H groups in total. The molecule has 0 unspecified atom stereocenters.